The van der Waals surface area contributed by atoms with Crippen molar-refractivity contribution in [2.24, 2.45) is 10.6 Å². The number of esters is 1. The van der Waals surface area contributed by atoms with Crippen molar-refractivity contribution in [2.75, 3.05) is 13.7 Å². The first-order valence-electron chi connectivity index (χ1n) is 10.7. The van der Waals surface area contributed by atoms with E-state index >= 15 is 0 Å². The molecule has 0 bridgehead atoms. The van der Waals surface area contributed by atoms with E-state index in [0.717, 1.165) is 16.7 Å². The maximum Gasteiger partial charge on any atom is 0.317 e. The van der Waals surface area contributed by atoms with Gasteiger partial charge in [0.1, 0.15) is 17.8 Å². The quantitative estimate of drug-likeness (QED) is 0.251. The third kappa shape index (κ3) is 5.77. The Morgan fingerprint density at radius 3 is 2.58 bits per heavy atom. The number of rotatable bonds is 10. The molecular weight excluding hydrogens is 422 g/mol. The molecule has 2 atom stereocenters. The van der Waals surface area contributed by atoms with E-state index in [-0.39, 0.29) is 5.97 Å². The first kappa shape index (κ1) is 24.0. The van der Waals surface area contributed by atoms with Crippen LogP contribution >= 0.6 is 0 Å². The number of carbonyl (C=O) groups is 1. The first-order chi connectivity index (χ1) is 15.9. The summed E-state index contributed by atoms with van der Waals surface area (Å²) in [4.78, 5) is 21.9. The predicted octanol–water partition coefficient (Wildman–Crippen LogP) is 4.68. The van der Waals surface area contributed by atoms with Gasteiger partial charge in [-0.25, -0.2) is 0 Å². The second-order valence-electron chi connectivity index (χ2n) is 7.93. The molecule has 0 spiro atoms. The highest BCUT2D eigenvalue weighted by atomic mass is 16.6. The summed E-state index contributed by atoms with van der Waals surface area (Å²) < 4.78 is 16.6. The molecule has 0 fully saturated rings. The number of aryl methyl sites for hydroxylation is 1. The molecule has 2 aromatic carbocycles. The summed E-state index contributed by atoms with van der Waals surface area (Å²) in [5.41, 5.74) is 2.52. The van der Waals surface area contributed by atoms with Gasteiger partial charge in [-0.05, 0) is 51.8 Å². The molecule has 0 saturated heterocycles. The first-order valence-corrected chi connectivity index (χ1v) is 10.7. The molecule has 0 aliphatic rings. The summed E-state index contributed by atoms with van der Waals surface area (Å²) >= 11 is 0. The molecule has 1 heterocycles. The van der Waals surface area contributed by atoms with Crippen molar-refractivity contribution in [3.63, 3.8) is 0 Å². The Labute approximate surface area is 193 Å². The van der Waals surface area contributed by atoms with Crippen LogP contribution in [0.4, 0.5) is 0 Å². The van der Waals surface area contributed by atoms with Gasteiger partial charge in [-0.1, -0.05) is 52.3 Å². The SMILES string of the molecule is CCON=C(C)C(C)(Cc1ccc(OC(c2cccc(C)c2)c2ncno2)cc1)C(=O)OC. The number of benzene rings is 2. The molecule has 0 saturated carbocycles. The van der Waals surface area contributed by atoms with E-state index in [4.69, 9.17) is 18.8 Å². The maximum atomic E-state index is 12.6. The van der Waals surface area contributed by atoms with E-state index in [2.05, 4.69) is 15.3 Å². The molecule has 8 nitrogen and oxygen atoms in total. The Balaban J connectivity index is 1.83. The van der Waals surface area contributed by atoms with Crippen molar-refractivity contribution in [3.05, 3.63) is 77.4 Å². The standard InChI is InChI=1S/C25H29N3O5/c1-6-31-28-18(3)25(4,24(29)30-5)15-19-10-12-21(13-11-19)32-22(23-26-16-27-33-23)20-9-7-8-17(2)14-20/h7-14,16,22H,6,15H2,1-5H3. The summed E-state index contributed by atoms with van der Waals surface area (Å²) in [6, 6.07) is 15.5. The van der Waals surface area contributed by atoms with Crippen LogP contribution in [0.2, 0.25) is 0 Å². The third-order valence-corrected chi connectivity index (χ3v) is 5.45. The zero-order valence-corrected chi connectivity index (χ0v) is 19.6. The molecule has 0 aliphatic carbocycles. The normalized spacial score (nSPS) is 14.3. The minimum atomic E-state index is -0.958. The van der Waals surface area contributed by atoms with Gasteiger partial charge in [0.2, 0.25) is 6.10 Å². The number of nitrogens with zero attached hydrogens (tertiary/aromatic N) is 3. The van der Waals surface area contributed by atoms with Crippen LogP contribution in [-0.4, -0.2) is 35.5 Å². The van der Waals surface area contributed by atoms with Gasteiger partial charge in [-0.2, -0.15) is 4.98 Å². The van der Waals surface area contributed by atoms with Gasteiger partial charge in [0.25, 0.3) is 5.89 Å². The smallest absolute Gasteiger partial charge is 0.317 e. The van der Waals surface area contributed by atoms with Gasteiger partial charge in [0.05, 0.1) is 12.8 Å². The van der Waals surface area contributed by atoms with Crippen LogP contribution in [-0.2, 0) is 20.8 Å². The highest BCUT2D eigenvalue weighted by molar-refractivity contribution is 6.05. The fourth-order valence-corrected chi connectivity index (χ4v) is 3.46. The second kappa shape index (κ2) is 10.8. The molecule has 3 rings (SSSR count). The van der Waals surface area contributed by atoms with E-state index in [1.54, 1.807) is 13.8 Å². The zero-order chi connectivity index (χ0) is 23.8. The Bertz CT molecular complexity index is 1080. The topological polar surface area (TPSA) is 96.0 Å². The predicted molar refractivity (Wildman–Crippen MR) is 123 cm³/mol. The lowest BCUT2D eigenvalue weighted by Crippen LogP contribution is -2.38. The monoisotopic (exact) mass is 451 g/mol. The van der Waals surface area contributed by atoms with Gasteiger partial charge >= 0.3 is 5.97 Å². The Morgan fingerprint density at radius 2 is 1.97 bits per heavy atom. The van der Waals surface area contributed by atoms with Crippen LogP contribution in [0, 0.1) is 12.3 Å². The highest BCUT2D eigenvalue weighted by Gasteiger charge is 2.38. The third-order valence-electron chi connectivity index (χ3n) is 5.45. The van der Waals surface area contributed by atoms with Crippen LogP contribution in [0.1, 0.15) is 49.5 Å². The zero-order valence-electron chi connectivity index (χ0n) is 19.6. The number of hydrogen-bond donors (Lipinski definition) is 0. The summed E-state index contributed by atoms with van der Waals surface area (Å²) in [6.45, 7) is 7.83. The molecule has 174 valence electrons. The van der Waals surface area contributed by atoms with Crippen molar-refractivity contribution >= 4 is 11.7 Å². The Kier molecular flexibility index (Phi) is 7.82. The summed E-state index contributed by atoms with van der Waals surface area (Å²) in [6.07, 6.45) is 1.21. The number of ether oxygens (including phenoxy) is 2. The fourth-order valence-electron chi connectivity index (χ4n) is 3.46. The molecule has 3 aromatic rings. The number of oxime groups is 1. The van der Waals surface area contributed by atoms with Crippen molar-refractivity contribution in [2.45, 2.75) is 40.2 Å². The van der Waals surface area contributed by atoms with E-state index in [9.17, 15) is 4.79 Å². The maximum absolute atomic E-state index is 12.6. The van der Waals surface area contributed by atoms with Crippen molar-refractivity contribution in [1.29, 1.82) is 0 Å². The lowest BCUT2D eigenvalue weighted by atomic mass is 9.79. The van der Waals surface area contributed by atoms with E-state index in [1.165, 1.54) is 13.4 Å². The van der Waals surface area contributed by atoms with Gasteiger partial charge < -0.3 is 18.8 Å². The Hall–Kier alpha value is -3.68. The lowest BCUT2D eigenvalue weighted by Gasteiger charge is -2.26. The number of aromatic nitrogens is 2. The average Bonchev–Trinajstić information content (AvgIpc) is 3.36. The Morgan fingerprint density at radius 1 is 1.21 bits per heavy atom. The minimum absolute atomic E-state index is 0.366. The van der Waals surface area contributed by atoms with Crippen molar-refractivity contribution in [1.82, 2.24) is 10.1 Å². The molecule has 8 heteroatoms. The van der Waals surface area contributed by atoms with Crippen LogP contribution in [0.15, 0.2) is 64.5 Å². The van der Waals surface area contributed by atoms with Crippen LogP contribution in [0.5, 0.6) is 5.75 Å². The second-order valence-corrected chi connectivity index (χ2v) is 7.93. The van der Waals surface area contributed by atoms with Crippen LogP contribution < -0.4 is 4.74 Å². The highest BCUT2D eigenvalue weighted by Crippen LogP contribution is 2.30. The number of hydrogen-bond acceptors (Lipinski definition) is 8. The van der Waals surface area contributed by atoms with E-state index < -0.39 is 11.5 Å². The summed E-state index contributed by atoms with van der Waals surface area (Å²) in [5.74, 6) is 0.619. The number of carbonyl (C=O) groups excluding carboxylic acids is 1. The number of methoxy groups -OCH3 is 1. The van der Waals surface area contributed by atoms with E-state index in [0.29, 0.717) is 30.4 Å². The van der Waals surface area contributed by atoms with Crippen molar-refractivity contribution in [3.8, 4) is 5.75 Å². The minimum Gasteiger partial charge on any atom is -0.476 e. The fraction of sp³-hybridized carbons (Fsp3) is 0.360. The van der Waals surface area contributed by atoms with Gasteiger partial charge in [-0.3, -0.25) is 4.79 Å². The lowest BCUT2D eigenvalue weighted by molar-refractivity contribution is -0.147. The molecular formula is C25H29N3O5. The van der Waals surface area contributed by atoms with Gasteiger partial charge in [0, 0.05) is 5.56 Å². The molecule has 0 N–H and O–H groups in total. The molecule has 0 radical (unpaired) electrons. The summed E-state index contributed by atoms with van der Waals surface area (Å²) in [5, 5.41) is 7.79. The van der Waals surface area contributed by atoms with Crippen LogP contribution in [0.3, 0.4) is 0 Å². The molecule has 33 heavy (non-hydrogen) atoms. The van der Waals surface area contributed by atoms with E-state index in [1.807, 2.05) is 62.4 Å². The van der Waals surface area contributed by atoms with Crippen LogP contribution in [0.25, 0.3) is 0 Å². The van der Waals surface area contributed by atoms with Gasteiger partial charge in [0.15, 0.2) is 6.33 Å². The molecule has 0 amide bonds. The van der Waals surface area contributed by atoms with Gasteiger partial charge in [-0.15, -0.1) is 0 Å². The molecule has 0 aliphatic heterocycles. The average molecular weight is 452 g/mol. The largest absolute Gasteiger partial charge is 0.476 e. The molecule has 2 unspecified atom stereocenters. The summed E-state index contributed by atoms with van der Waals surface area (Å²) in [7, 11) is 1.37. The van der Waals surface area contributed by atoms with Crippen molar-refractivity contribution < 1.29 is 23.6 Å². The molecule has 1 aromatic heterocycles.